The van der Waals surface area contributed by atoms with Gasteiger partial charge in [0.2, 0.25) is 5.91 Å². The summed E-state index contributed by atoms with van der Waals surface area (Å²) in [6.45, 7) is 1.17. The van der Waals surface area contributed by atoms with Crippen molar-refractivity contribution in [2.45, 2.75) is 31.2 Å². The summed E-state index contributed by atoms with van der Waals surface area (Å²) in [7, 11) is 0. The van der Waals surface area contributed by atoms with Crippen molar-refractivity contribution in [1.82, 2.24) is 10.6 Å². The van der Waals surface area contributed by atoms with Gasteiger partial charge in [0.25, 0.3) is 5.92 Å². The van der Waals surface area contributed by atoms with Gasteiger partial charge in [-0.2, -0.15) is 0 Å². The van der Waals surface area contributed by atoms with Crippen molar-refractivity contribution < 1.29 is 18.3 Å². The molecule has 1 aliphatic carbocycles. The van der Waals surface area contributed by atoms with Crippen LogP contribution in [0.15, 0.2) is 0 Å². The van der Waals surface area contributed by atoms with Crippen molar-refractivity contribution in [3.05, 3.63) is 0 Å². The fourth-order valence-corrected chi connectivity index (χ4v) is 1.81. The van der Waals surface area contributed by atoms with Crippen LogP contribution in [0.2, 0.25) is 0 Å². The highest BCUT2D eigenvalue weighted by Crippen LogP contribution is 2.28. The van der Waals surface area contributed by atoms with Crippen LogP contribution in [0.25, 0.3) is 0 Å². The fourth-order valence-electron chi connectivity index (χ4n) is 1.81. The molecule has 1 aliphatic heterocycles. The number of nitrogens with one attached hydrogen (secondary N) is 2. The molecule has 2 rings (SSSR count). The van der Waals surface area contributed by atoms with Crippen LogP contribution in [0.5, 0.6) is 0 Å². The molecule has 1 unspecified atom stereocenters. The Bertz CT molecular complexity index is 288. The second-order valence-corrected chi connectivity index (χ2v) is 4.80. The van der Waals surface area contributed by atoms with E-state index in [-0.39, 0.29) is 18.3 Å². The predicted octanol–water partition coefficient (Wildman–Crippen LogP) is 0.948. The van der Waals surface area contributed by atoms with E-state index in [0.717, 1.165) is 6.61 Å². The molecule has 0 spiro atoms. The lowest BCUT2D eigenvalue weighted by Gasteiger charge is -2.11. The van der Waals surface area contributed by atoms with E-state index in [9.17, 15) is 13.6 Å². The van der Waals surface area contributed by atoms with Crippen molar-refractivity contribution in [2.24, 2.45) is 5.92 Å². The first-order chi connectivity index (χ1) is 8.07. The predicted molar refractivity (Wildman–Crippen MR) is 65.2 cm³/mol. The average Bonchev–Trinajstić information content (AvgIpc) is 3.01. The third-order valence-corrected chi connectivity index (χ3v) is 3.02. The Morgan fingerprint density at radius 1 is 1.44 bits per heavy atom. The van der Waals surface area contributed by atoms with Gasteiger partial charge in [0, 0.05) is 19.6 Å². The monoisotopic (exact) mass is 284 g/mol. The molecule has 1 saturated heterocycles. The van der Waals surface area contributed by atoms with E-state index in [2.05, 4.69) is 10.6 Å². The summed E-state index contributed by atoms with van der Waals surface area (Å²) in [6, 6.07) is -0.770. The average molecular weight is 285 g/mol. The molecule has 0 bridgehead atoms. The third kappa shape index (κ3) is 5.04. The molecule has 1 heterocycles. The highest BCUT2D eigenvalue weighted by atomic mass is 35.5. The largest absolute Gasteiger partial charge is 0.379 e. The normalized spacial score (nSPS) is 25.6. The molecule has 2 N–H and O–H groups in total. The molecule has 1 saturated carbocycles. The number of amides is 1. The fraction of sp³-hybridized carbons (Fsp3) is 0.909. The number of carbonyl (C=O) groups excluding carboxylic acids is 1. The SMILES string of the molecule is Cl.O=C(NCCOCC1CC1)C1CC(F)(F)CN1. The molecule has 18 heavy (non-hydrogen) atoms. The number of alkyl halides is 2. The minimum Gasteiger partial charge on any atom is -0.379 e. The number of rotatable bonds is 6. The quantitative estimate of drug-likeness (QED) is 0.714. The zero-order chi connectivity index (χ0) is 12.3. The van der Waals surface area contributed by atoms with Gasteiger partial charge >= 0.3 is 0 Å². The summed E-state index contributed by atoms with van der Waals surface area (Å²) < 4.78 is 31.0. The van der Waals surface area contributed by atoms with Crippen LogP contribution < -0.4 is 10.6 Å². The van der Waals surface area contributed by atoms with Crippen molar-refractivity contribution >= 4 is 18.3 Å². The van der Waals surface area contributed by atoms with Gasteiger partial charge in [-0.1, -0.05) is 0 Å². The first kappa shape index (κ1) is 15.6. The molecule has 1 amide bonds. The zero-order valence-electron chi connectivity index (χ0n) is 10.1. The molecule has 0 aromatic carbocycles. The summed E-state index contributed by atoms with van der Waals surface area (Å²) >= 11 is 0. The van der Waals surface area contributed by atoms with Crippen molar-refractivity contribution in [3.8, 4) is 0 Å². The smallest absolute Gasteiger partial charge is 0.262 e. The first-order valence-electron chi connectivity index (χ1n) is 6.03. The third-order valence-electron chi connectivity index (χ3n) is 3.02. The maximum Gasteiger partial charge on any atom is 0.262 e. The molecule has 0 aromatic rings. The maximum atomic E-state index is 12.8. The summed E-state index contributed by atoms with van der Waals surface area (Å²) in [5.41, 5.74) is 0. The lowest BCUT2D eigenvalue weighted by atomic mass is 10.2. The zero-order valence-corrected chi connectivity index (χ0v) is 10.9. The van der Waals surface area contributed by atoms with Crippen LogP contribution in [0.3, 0.4) is 0 Å². The van der Waals surface area contributed by atoms with Gasteiger partial charge < -0.3 is 10.1 Å². The summed E-state index contributed by atoms with van der Waals surface area (Å²) in [5.74, 6) is -2.43. The van der Waals surface area contributed by atoms with Crippen LogP contribution in [-0.2, 0) is 9.53 Å². The van der Waals surface area contributed by atoms with E-state index in [0.29, 0.717) is 19.1 Å². The summed E-state index contributed by atoms with van der Waals surface area (Å²) in [5, 5.41) is 5.11. The molecule has 0 radical (unpaired) electrons. The highest BCUT2D eigenvalue weighted by molar-refractivity contribution is 5.85. The Kier molecular flexibility index (Phi) is 5.75. The van der Waals surface area contributed by atoms with Gasteiger partial charge in [0.15, 0.2) is 0 Å². The highest BCUT2D eigenvalue weighted by Gasteiger charge is 2.42. The van der Waals surface area contributed by atoms with Crippen molar-refractivity contribution in [1.29, 1.82) is 0 Å². The second-order valence-electron chi connectivity index (χ2n) is 4.80. The van der Waals surface area contributed by atoms with Gasteiger partial charge in [-0.25, -0.2) is 8.78 Å². The van der Waals surface area contributed by atoms with E-state index < -0.39 is 24.9 Å². The Morgan fingerprint density at radius 3 is 2.72 bits per heavy atom. The Morgan fingerprint density at radius 2 is 2.17 bits per heavy atom. The lowest BCUT2D eigenvalue weighted by Crippen LogP contribution is -2.41. The molecular weight excluding hydrogens is 266 g/mol. The van der Waals surface area contributed by atoms with Crippen molar-refractivity contribution in [3.63, 3.8) is 0 Å². The van der Waals surface area contributed by atoms with Crippen molar-refractivity contribution in [2.75, 3.05) is 26.3 Å². The Labute approximate surface area is 111 Å². The minimum atomic E-state index is -2.76. The van der Waals surface area contributed by atoms with E-state index in [4.69, 9.17) is 4.74 Å². The maximum absolute atomic E-state index is 12.8. The molecule has 2 fully saturated rings. The molecule has 1 atom stereocenters. The Hall–Kier alpha value is -0.460. The Balaban J connectivity index is 0.00000162. The molecular formula is C11H19ClF2N2O2. The molecule has 7 heteroatoms. The van der Waals surface area contributed by atoms with Gasteiger partial charge in [-0.15, -0.1) is 12.4 Å². The van der Waals surface area contributed by atoms with Crippen LogP contribution in [-0.4, -0.2) is 44.2 Å². The lowest BCUT2D eigenvalue weighted by molar-refractivity contribution is -0.123. The van der Waals surface area contributed by atoms with Gasteiger partial charge in [0.05, 0.1) is 19.2 Å². The van der Waals surface area contributed by atoms with Crippen LogP contribution in [0.1, 0.15) is 19.3 Å². The standard InChI is InChI=1S/C11H18F2N2O2.ClH/c12-11(13)5-9(15-7-11)10(16)14-3-4-17-6-8-1-2-8;/h8-9,15H,1-7H2,(H,14,16);1H. The molecule has 4 nitrogen and oxygen atoms in total. The van der Waals surface area contributed by atoms with Crippen LogP contribution in [0.4, 0.5) is 8.78 Å². The topological polar surface area (TPSA) is 50.4 Å². The van der Waals surface area contributed by atoms with Gasteiger partial charge in [-0.05, 0) is 18.8 Å². The van der Waals surface area contributed by atoms with E-state index in [1.165, 1.54) is 12.8 Å². The first-order valence-corrected chi connectivity index (χ1v) is 6.03. The number of halogens is 3. The van der Waals surface area contributed by atoms with E-state index in [1.54, 1.807) is 0 Å². The molecule has 0 aromatic heterocycles. The minimum absolute atomic E-state index is 0. The number of hydrogen-bond acceptors (Lipinski definition) is 3. The van der Waals surface area contributed by atoms with Gasteiger partial charge in [0.1, 0.15) is 0 Å². The summed E-state index contributed by atoms with van der Waals surface area (Å²) in [6.07, 6.45) is 2.04. The molecule has 2 aliphatic rings. The van der Waals surface area contributed by atoms with Crippen LogP contribution >= 0.6 is 12.4 Å². The summed E-state index contributed by atoms with van der Waals surface area (Å²) in [4.78, 5) is 11.5. The number of ether oxygens (including phenoxy) is 1. The van der Waals surface area contributed by atoms with E-state index >= 15 is 0 Å². The number of carbonyl (C=O) groups is 1. The second kappa shape index (κ2) is 6.63. The molecule has 106 valence electrons. The van der Waals surface area contributed by atoms with Crippen LogP contribution in [0, 0.1) is 5.92 Å². The van der Waals surface area contributed by atoms with Gasteiger partial charge in [-0.3, -0.25) is 10.1 Å². The van der Waals surface area contributed by atoms with E-state index in [1.807, 2.05) is 0 Å². The number of hydrogen-bond donors (Lipinski definition) is 2.